The molecule has 0 amide bonds. The van der Waals surface area contributed by atoms with E-state index < -0.39 is 0 Å². The molecule has 5 heteroatoms. The zero-order valence-electron chi connectivity index (χ0n) is 9.57. The summed E-state index contributed by atoms with van der Waals surface area (Å²) in [5.74, 6) is 1.72. The van der Waals surface area contributed by atoms with Crippen LogP contribution < -0.4 is 11.1 Å². The number of nitrogens with one attached hydrogen (secondary N) is 1. The van der Waals surface area contributed by atoms with Gasteiger partial charge in [0.25, 0.3) is 0 Å². The van der Waals surface area contributed by atoms with Crippen molar-refractivity contribution in [2.24, 2.45) is 0 Å². The molecule has 2 rings (SSSR count). The van der Waals surface area contributed by atoms with Gasteiger partial charge in [0.05, 0.1) is 0 Å². The van der Waals surface area contributed by atoms with E-state index in [1.54, 1.807) is 7.11 Å². The lowest BCUT2D eigenvalue weighted by atomic mass is 9.94. The molecule has 0 aliphatic carbocycles. The minimum Gasteiger partial charge on any atom is -0.384 e. The molecule has 0 bridgehead atoms. The van der Waals surface area contributed by atoms with E-state index in [1.165, 1.54) is 0 Å². The van der Waals surface area contributed by atoms with E-state index in [4.69, 9.17) is 10.5 Å². The lowest BCUT2D eigenvalue weighted by Gasteiger charge is -2.22. The fourth-order valence-electron chi connectivity index (χ4n) is 2.06. The molecule has 1 aliphatic rings. The van der Waals surface area contributed by atoms with Crippen molar-refractivity contribution in [3.05, 3.63) is 17.6 Å². The van der Waals surface area contributed by atoms with Crippen molar-refractivity contribution >= 4 is 5.82 Å². The van der Waals surface area contributed by atoms with Crippen molar-refractivity contribution in [3.63, 3.8) is 0 Å². The first kappa shape index (κ1) is 11.3. The van der Waals surface area contributed by atoms with Gasteiger partial charge in [0, 0.05) is 24.8 Å². The monoisotopic (exact) mass is 222 g/mol. The maximum absolute atomic E-state index is 5.77. The Kier molecular flexibility index (Phi) is 3.69. The Morgan fingerprint density at radius 1 is 1.44 bits per heavy atom. The van der Waals surface area contributed by atoms with Gasteiger partial charge < -0.3 is 15.8 Å². The van der Waals surface area contributed by atoms with Crippen LogP contribution in [0.15, 0.2) is 6.07 Å². The summed E-state index contributed by atoms with van der Waals surface area (Å²) >= 11 is 0. The predicted molar refractivity (Wildman–Crippen MR) is 62.0 cm³/mol. The lowest BCUT2D eigenvalue weighted by molar-refractivity contribution is 0.177. The van der Waals surface area contributed by atoms with Crippen molar-refractivity contribution in [1.82, 2.24) is 15.3 Å². The van der Waals surface area contributed by atoms with E-state index in [-0.39, 0.29) is 0 Å². The maximum atomic E-state index is 5.77. The number of rotatable bonds is 3. The Balaban J connectivity index is 2.18. The summed E-state index contributed by atoms with van der Waals surface area (Å²) < 4.78 is 5.03. The largest absolute Gasteiger partial charge is 0.384 e. The number of hydrogen-bond donors (Lipinski definition) is 2. The molecule has 1 fully saturated rings. The molecular weight excluding hydrogens is 204 g/mol. The summed E-state index contributed by atoms with van der Waals surface area (Å²) in [6.07, 6.45) is 2.23. The summed E-state index contributed by atoms with van der Waals surface area (Å²) in [6.45, 7) is 2.52. The Hall–Kier alpha value is -1.20. The average Bonchev–Trinajstić information content (AvgIpc) is 2.30. The van der Waals surface area contributed by atoms with Gasteiger partial charge in [-0.2, -0.15) is 0 Å². The fourth-order valence-corrected chi connectivity index (χ4v) is 2.06. The lowest BCUT2D eigenvalue weighted by Crippen LogP contribution is -2.27. The van der Waals surface area contributed by atoms with Crippen LogP contribution in [0.25, 0.3) is 0 Å². The second-order valence-electron chi connectivity index (χ2n) is 4.09. The quantitative estimate of drug-likeness (QED) is 0.786. The number of hydrogen-bond acceptors (Lipinski definition) is 5. The van der Waals surface area contributed by atoms with Crippen molar-refractivity contribution < 1.29 is 4.74 Å². The Bertz CT molecular complexity index is 350. The summed E-state index contributed by atoms with van der Waals surface area (Å²) in [5, 5.41) is 3.34. The Morgan fingerprint density at radius 2 is 2.19 bits per heavy atom. The Labute approximate surface area is 95.4 Å². The van der Waals surface area contributed by atoms with Crippen LogP contribution in [0.5, 0.6) is 0 Å². The van der Waals surface area contributed by atoms with Gasteiger partial charge in [0.2, 0.25) is 0 Å². The number of methoxy groups -OCH3 is 1. The zero-order valence-corrected chi connectivity index (χ0v) is 9.57. The fraction of sp³-hybridized carbons (Fsp3) is 0.636. The second-order valence-corrected chi connectivity index (χ2v) is 4.09. The van der Waals surface area contributed by atoms with E-state index >= 15 is 0 Å². The molecule has 16 heavy (non-hydrogen) atoms. The van der Waals surface area contributed by atoms with E-state index in [0.29, 0.717) is 24.2 Å². The Morgan fingerprint density at radius 3 is 2.88 bits per heavy atom. The molecule has 0 aromatic carbocycles. The third-order valence-corrected chi connectivity index (χ3v) is 2.84. The molecule has 1 aromatic heterocycles. The second kappa shape index (κ2) is 5.23. The first-order valence-electron chi connectivity index (χ1n) is 5.62. The molecule has 5 nitrogen and oxygen atoms in total. The first-order valence-corrected chi connectivity index (χ1v) is 5.62. The molecule has 0 unspecified atom stereocenters. The van der Waals surface area contributed by atoms with Crippen LogP contribution in [-0.4, -0.2) is 30.2 Å². The third-order valence-electron chi connectivity index (χ3n) is 2.84. The SMILES string of the molecule is COCc1nc(N)cc(C2CCNCC2)n1. The van der Waals surface area contributed by atoms with Gasteiger partial charge >= 0.3 is 0 Å². The molecule has 88 valence electrons. The van der Waals surface area contributed by atoms with E-state index in [9.17, 15) is 0 Å². The normalized spacial score (nSPS) is 17.6. The van der Waals surface area contributed by atoms with Crippen LogP contribution in [-0.2, 0) is 11.3 Å². The van der Waals surface area contributed by atoms with Crippen LogP contribution in [0.2, 0.25) is 0 Å². The number of aromatic nitrogens is 2. The topological polar surface area (TPSA) is 73.1 Å². The van der Waals surface area contributed by atoms with Crippen molar-refractivity contribution in [1.29, 1.82) is 0 Å². The number of anilines is 1. The number of ether oxygens (including phenoxy) is 1. The number of piperidine rings is 1. The van der Waals surface area contributed by atoms with E-state index in [2.05, 4.69) is 15.3 Å². The predicted octanol–water partition coefficient (Wildman–Crippen LogP) is 0.672. The molecule has 3 N–H and O–H groups in total. The van der Waals surface area contributed by atoms with Crippen LogP contribution in [0.3, 0.4) is 0 Å². The van der Waals surface area contributed by atoms with Crippen molar-refractivity contribution in [2.75, 3.05) is 25.9 Å². The highest BCUT2D eigenvalue weighted by molar-refractivity contribution is 5.31. The van der Waals surface area contributed by atoms with Gasteiger partial charge in [-0.1, -0.05) is 0 Å². The zero-order chi connectivity index (χ0) is 11.4. The van der Waals surface area contributed by atoms with Crippen LogP contribution in [0.1, 0.15) is 30.3 Å². The minimum absolute atomic E-state index is 0.420. The molecule has 0 spiro atoms. The number of nitrogens with two attached hydrogens (primary N) is 1. The number of nitrogen functional groups attached to an aromatic ring is 1. The maximum Gasteiger partial charge on any atom is 0.156 e. The summed E-state index contributed by atoms with van der Waals surface area (Å²) in [4.78, 5) is 8.65. The molecule has 2 heterocycles. The van der Waals surface area contributed by atoms with E-state index in [0.717, 1.165) is 31.6 Å². The third kappa shape index (κ3) is 2.68. The molecule has 1 saturated heterocycles. The van der Waals surface area contributed by atoms with Crippen LogP contribution >= 0.6 is 0 Å². The van der Waals surface area contributed by atoms with Crippen LogP contribution in [0, 0.1) is 0 Å². The molecule has 0 atom stereocenters. The van der Waals surface area contributed by atoms with Crippen molar-refractivity contribution in [3.8, 4) is 0 Å². The molecule has 1 aromatic rings. The summed E-state index contributed by atoms with van der Waals surface area (Å²) in [7, 11) is 1.64. The highest BCUT2D eigenvalue weighted by Gasteiger charge is 2.17. The average molecular weight is 222 g/mol. The van der Waals surface area contributed by atoms with E-state index in [1.807, 2.05) is 6.07 Å². The van der Waals surface area contributed by atoms with Gasteiger partial charge in [0.15, 0.2) is 5.82 Å². The highest BCUT2D eigenvalue weighted by atomic mass is 16.5. The first-order chi connectivity index (χ1) is 7.79. The standard InChI is InChI=1S/C11H18N4O/c1-16-7-11-14-9(6-10(12)15-11)8-2-4-13-5-3-8/h6,8,13H,2-5,7H2,1H3,(H2,12,14,15). The minimum atomic E-state index is 0.420. The van der Waals surface area contributed by atoms with Gasteiger partial charge in [0.1, 0.15) is 12.4 Å². The molecule has 1 aliphatic heterocycles. The highest BCUT2D eigenvalue weighted by Crippen LogP contribution is 2.24. The summed E-state index contributed by atoms with van der Waals surface area (Å²) in [6, 6.07) is 1.88. The molecular formula is C11H18N4O. The smallest absolute Gasteiger partial charge is 0.156 e. The van der Waals surface area contributed by atoms with Gasteiger partial charge in [-0.25, -0.2) is 9.97 Å². The number of nitrogens with zero attached hydrogens (tertiary/aromatic N) is 2. The van der Waals surface area contributed by atoms with Crippen LogP contribution in [0.4, 0.5) is 5.82 Å². The van der Waals surface area contributed by atoms with Gasteiger partial charge in [-0.3, -0.25) is 0 Å². The van der Waals surface area contributed by atoms with Crippen molar-refractivity contribution in [2.45, 2.75) is 25.4 Å². The summed E-state index contributed by atoms with van der Waals surface area (Å²) in [5.41, 5.74) is 6.83. The molecule has 0 saturated carbocycles. The van der Waals surface area contributed by atoms with Gasteiger partial charge in [-0.15, -0.1) is 0 Å². The molecule has 0 radical (unpaired) electrons. The van der Waals surface area contributed by atoms with Gasteiger partial charge in [-0.05, 0) is 25.9 Å².